The Morgan fingerprint density at radius 2 is 1.65 bits per heavy atom. The number of hydrogen-bond donors (Lipinski definition) is 0. The van der Waals surface area contributed by atoms with Gasteiger partial charge in [0.15, 0.2) is 5.36 Å². The number of rotatable bonds is 1. The quantitative estimate of drug-likeness (QED) is 0.497. The second-order valence-corrected chi connectivity index (χ2v) is 4.70. The monoisotopic (exact) mass is 281 g/mol. The van der Waals surface area contributed by atoms with Gasteiger partial charge in [-0.05, 0) is 24.3 Å². The summed E-state index contributed by atoms with van der Waals surface area (Å²) in [5.41, 5.74) is 9.38. The number of nitrogens with zero attached hydrogens (tertiary/aromatic N) is 3. The molecule has 5 heteroatoms. The van der Waals surface area contributed by atoms with E-state index in [4.69, 9.17) is 17.1 Å². The summed E-state index contributed by atoms with van der Waals surface area (Å²) in [6.45, 7) is 0. The molecule has 0 saturated heterocycles. The van der Waals surface area contributed by atoms with Gasteiger partial charge in [0.05, 0.1) is 5.69 Å². The molecule has 3 rings (SSSR count). The number of fused-ring (bicyclic) bond motifs is 1. The minimum Gasteiger partial charge on any atom is -0.361 e. The first kappa shape index (κ1) is 12.5. The second kappa shape index (κ2) is 4.85. The molecule has 0 aromatic heterocycles. The van der Waals surface area contributed by atoms with Crippen LogP contribution in [-0.2, 0) is 0 Å². The van der Waals surface area contributed by atoms with Gasteiger partial charge >= 0.3 is 5.36 Å². The Morgan fingerprint density at radius 3 is 2.30 bits per heavy atom. The van der Waals surface area contributed by atoms with Gasteiger partial charge in [0, 0.05) is 15.8 Å². The molecule has 0 saturated carbocycles. The maximum atomic E-state index is 12.1. The predicted molar refractivity (Wildman–Crippen MR) is 76.0 cm³/mol. The summed E-state index contributed by atoms with van der Waals surface area (Å²) in [7, 11) is 0. The van der Waals surface area contributed by atoms with Crippen molar-refractivity contribution >= 4 is 28.1 Å². The fourth-order valence-electron chi connectivity index (χ4n) is 2.10. The summed E-state index contributed by atoms with van der Waals surface area (Å²) in [6.07, 6.45) is 0. The molecule has 0 bridgehead atoms. The third-order valence-corrected chi connectivity index (χ3v) is 3.29. The second-order valence-electron chi connectivity index (χ2n) is 4.26. The predicted octanol–water partition coefficient (Wildman–Crippen LogP) is 2.09. The van der Waals surface area contributed by atoms with Crippen LogP contribution in [-0.4, -0.2) is 4.79 Å². The van der Waals surface area contributed by atoms with Crippen molar-refractivity contribution in [3.8, 4) is 0 Å². The fraction of sp³-hybridized carbons (Fsp3) is 0. The third-order valence-electron chi connectivity index (χ3n) is 3.03. The molecule has 0 aliphatic rings. The molecule has 0 atom stereocenters. The molecule has 0 unspecified atom stereocenters. The van der Waals surface area contributed by atoms with Crippen molar-refractivity contribution in [3.05, 3.63) is 80.0 Å². The lowest BCUT2D eigenvalue weighted by Crippen LogP contribution is -2.33. The molecule has 0 heterocycles. The summed E-state index contributed by atoms with van der Waals surface area (Å²) < 4.78 is 0. The zero-order valence-electron chi connectivity index (χ0n) is 10.2. The highest BCUT2D eigenvalue weighted by atomic mass is 35.5. The minimum absolute atomic E-state index is 0.0406. The van der Waals surface area contributed by atoms with Gasteiger partial charge in [0.1, 0.15) is 0 Å². The van der Waals surface area contributed by atoms with Crippen LogP contribution in [0.5, 0.6) is 0 Å². The van der Waals surface area contributed by atoms with Crippen LogP contribution in [0, 0.1) is 0 Å². The first-order valence-electron chi connectivity index (χ1n) is 5.91. The van der Waals surface area contributed by atoms with Crippen molar-refractivity contribution in [1.82, 2.24) is 0 Å². The van der Waals surface area contributed by atoms with Crippen molar-refractivity contribution in [2.24, 2.45) is 4.99 Å². The van der Waals surface area contributed by atoms with Crippen LogP contribution in [0.25, 0.3) is 16.3 Å². The van der Waals surface area contributed by atoms with Crippen LogP contribution in [0.3, 0.4) is 0 Å². The number of hydrogen-bond acceptors (Lipinski definition) is 2. The Morgan fingerprint density at radius 1 is 1.00 bits per heavy atom. The highest BCUT2D eigenvalue weighted by Crippen LogP contribution is 2.15. The van der Waals surface area contributed by atoms with Crippen LogP contribution < -0.4 is 16.1 Å². The van der Waals surface area contributed by atoms with Gasteiger partial charge in [-0.15, -0.1) is 0 Å². The molecule has 3 aromatic carbocycles. The van der Waals surface area contributed by atoms with E-state index in [1.165, 1.54) is 0 Å². The van der Waals surface area contributed by atoms with Crippen molar-refractivity contribution in [2.45, 2.75) is 0 Å². The van der Waals surface area contributed by atoms with E-state index in [0.717, 1.165) is 0 Å². The van der Waals surface area contributed by atoms with E-state index in [1.54, 1.807) is 42.5 Å². The van der Waals surface area contributed by atoms with Crippen LogP contribution in [0.4, 0.5) is 5.69 Å². The van der Waals surface area contributed by atoms with Gasteiger partial charge in [-0.25, -0.2) is 4.99 Å². The van der Waals surface area contributed by atoms with Crippen LogP contribution in [0.15, 0.2) is 58.3 Å². The summed E-state index contributed by atoms with van der Waals surface area (Å²) in [5.74, 6) is 0. The molecule has 0 amide bonds. The molecule has 96 valence electrons. The summed E-state index contributed by atoms with van der Waals surface area (Å²) in [4.78, 5) is 19.6. The Bertz CT molecular complexity index is 977. The van der Waals surface area contributed by atoms with Crippen LogP contribution >= 0.6 is 11.6 Å². The van der Waals surface area contributed by atoms with E-state index in [-0.39, 0.29) is 10.8 Å². The molecule has 0 spiro atoms. The van der Waals surface area contributed by atoms with Gasteiger partial charge in [0.25, 0.3) is 5.43 Å². The van der Waals surface area contributed by atoms with E-state index < -0.39 is 0 Å². The lowest BCUT2D eigenvalue weighted by molar-refractivity contribution is -0.0677. The first-order chi connectivity index (χ1) is 9.70. The number of benzene rings is 2. The Balaban J connectivity index is 2.45. The summed E-state index contributed by atoms with van der Waals surface area (Å²) in [6, 6.07) is 13.9. The standard InChI is InChI=1S/C15H8ClN3O/c16-9-5-7-10(8-6-9)18-13-11-3-1-2-4-12(11)15(20)14(13)19-17/h1-8H. The highest BCUT2D eigenvalue weighted by molar-refractivity contribution is 6.30. The lowest BCUT2D eigenvalue weighted by atomic mass is 10.2. The zero-order chi connectivity index (χ0) is 14.1. The van der Waals surface area contributed by atoms with Crippen molar-refractivity contribution in [1.29, 1.82) is 0 Å². The molecule has 20 heavy (non-hydrogen) atoms. The van der Waals surface area contributed by atoms with E-state index in [0.29, 0.717) is 26.8 Å². The topological polar surface area (TPSA) is 65.8 Å². The molecule has 0 N–H and O–H groups in total. The lowest BCUT2D eigenvalue weighted by Gasteiger charge is -1.92. The van der Waals surface area contributed by atoms with Crippen molar-refractivity contribution < 1.29 is 4.79 Å². The van der Waals surface area contributed by atoms with Crippen molar-refractivity contribution in [3.63, 3.8) is 0 Å². The third kappa shape index (κ3) is 1.97. The van der Waals surface area contributed by atoms with Crippen LogP contribution in [0.2, 0.25) is 5.02 Å². The van der Waals surface area contributed by atoms with E-state index in [9.17, 15) is 4.79 Å². The Kier molecular flexibility index (Phi) is 3.03. The van der Waals surface area contributed by atoms with Gasteiger partial charge in [0.2, 0.25) is 0 Å². The molecule has 0 aliphatic carbocycles. The van der Waals surface area contributed by atoms with E-state index in [2.05, 4.69) is 9.78 Å². The molecule has 3 aromatic rings. The molecule has 0 aliphatic heterocycles. The molecular weight excluding hydrogens is 274 g/mol. The van der Waals surface area contributed by atoms with Crippen LogP contribution in [0.1, 0.15) is 0 Å². The largest absolute Gasteiger partial charge is 0.388 e. The fourth-order valence-corrected chi connectivity index (χ4v) is 2.23. The van der Waals surface area contributed by atoms with Gasteiger partial charge in [-0.2, -0.15) is 4.79 Å². The summed E-state index contributed by atoms with van der Waals surface area (Å²) in [5, 5.41) is 2.10. The van der Waals surface area contributed by atoms with Gasteiger partial charge in [-0.3, -0.25) is 4.79 Å². The molecule has 4 nitrogen and oxygen atoms in total. The van der Waals surface area contributed by atoms with E-state index >= 15 is 0 Å². The first-order valence-corrected chi connectivity index (χ1v) is 6.29. The smallest absolute Gasteiger partial charge is 0.361 e. The van der Waals surface area contributed by atoms with Gasteiger partial charge < -0.3 is 5.53 Å². The SMILES string of the molecule is [N-]=[N+]=c1c(=O)c2ccccc2c1=Nc1ccc(Cl)cc1. The minimum atomic E-state index is -0.323. The number of halogens is 1. The maximum Gasteiger partial charge on any atom is 0.388 e. The molecule has 0 fully saturated rings. The summed E-state index contributed by atoms with van der Waals surface area (Å²) >= 11 is 5.82. The zero-order valence-corrected chi connectivity index (χ0v) is 11.0. The average molecular weight is 282 g/mol. The normalized spacial score (nSPS) is 11.8. The highest BCUT2D eigenvalue weighted by Gasteiger charge is 2.14. The molecular formula is C15H8ClN3O. The molecule has 0 radical (unpaired) electrons. The van der Waals surface area contributed by atoms with Gasteiger partial charge in [-0.1, -0.05) is 35.9 Å². The Labute approximate surface area is 118 Å². The Hall–Kier alpha value is -2.55. The maximum absolute atomic E-state index is 12.1. The average Bonchev–Trinajstić information content (AvgIpc) is 2.74. The van der Waals surface area contributed by atoms with E-state index in [1.807, 2.05) is 6.07 Å². The van der Waals surface area contributed by atoms with Crippen molar-refractivity contribution in [2.75, 3.05) is 0 Å².